The first-order valence-corrected chi connectivity index (χ1v) is 5.96. The molecule has 0 unspecified atom stereocenters. The van der Waals surface area contributed by atoms with E-state index in [4.69, 9.17) is 9.84 Å². The molecule has 0 spiro atoms. The van der Waals surface area contributed by atoms with E-state index in [0.29, 0.717) is 24.8 Å². The van der Waals surface area contributed by atoms with Crippen LogP contribution in [0.25, 0.3) is 5.57 Å². The van der Waals surface area contributed by atoms with Crippen LogP contribution in [0.1, 0.15) is 26.0 Å². The van der Waals surface area contributed by atoms with Crippen molar-refractivity contribution >= 4 is 11.5 Å². The molecule has 0 saturated carbocycles. The zero-order valence-electron chi connectivity index (χ0n) is 10.7. The predicted molar refractivity (Wildman–Crippen MR) is 67.0 cm³/mol. The molecule has 0 radical (unpaired) electrons. The molecule has 1 fully saturated rings. The third-order valence-corrected chi connectivity index (χ3v) is 3.22. The van der Waals surface area contributed by atoms with Crippen molar-refractivity contribution in [3.63, 3.8) is 0 Å². The van der Waals surface area contributed by atoms with Crippen LogP contribution < -0.4 is 0 Å². The van der Waals surface area contributed by atoms with E-state index in [1.807, 2.05) is 4.57 Å². The quantitative estimate of drug-likeness (QED) is 0.827. The minimum atomic E-state index is -1.01. The first kappa shape index (κ1) is 12.8. The van der Waals surface area contributed by atoms with Gasteiger partial charge in [0, 0.05) is 12.5 Å². The van der Waals surface area contributed by atoms with Crippen LogP contribution in [-0.4, -0.2) is 32.8 Å². The molecule has 0 aromatic carbocycles. The van der Waals surface area contributed by atoms with Gasteiger partial charge in [0.2, 0.25) is 0 Å². The molecule has 1 saturated heterocycles. The van der Waals surface area contributed by atoms with Gasteiger partial charge in [0.15, 0.2) is 0 Å². The number of rotatable bonds is 4. The predicted octanol–water partition coefficient (Wildman–Crippen LogP) is 1.80. The van der Waals surface area contributed by atoms with Gasteiger partial charge in [-0.3, -0.25) is 0 Å². The third-order valence-electron chi connectivity index (χ3n) is 3.22. The third kappa shape index (κ3) is 2.61. The SMILES string of the molecule is C=C(C(=O)O)c1cncn1C[C@@H]1COC(C)(C)C1. The van der Waals surface area contributed by atoms with E-state index in [1.165, 1.54) is 6.20 Å². The highest BCUT2D eigenvalue weighted by Crippen LogP contribution is 2.30. The highest BCUT2D eigenvalue weighted by Gasteiger charge is 2.32. The molecule has 1 aliphatic rings. The fourth-order valence-electron chi connectivity index (χ4n) is 2.38. The Kier molecular flexibility index (Phi) is 3.26. The zero-order valence-corrected chi connectivity index (χ0v) is 10.7. The van der Waals surface area contributed by atoms with Gasteiger partial charge in [-0.05, 0) is 20.3 Å². The van der Waals surface area contributed by atoms with Crippen molar-refractivity contribution in [2.75, 3.05) is 6.61 Å². The summed E-state index contributed by atoms with van der Waals surface area (Å²) in [5.41, 5.74) is 0.549. The topological polar surface area (TPSA) is 64.3 Å². The van der Waals surface area contributed by atoms with Crippen molar-refractivity contribution in [2.45, 2.75) is 32.4 Å². The Labute approximate surface area is 106 Å². The summed E-state index contributed by atoms with van der Waals surface area (Å²) in [5, 5.41) is 8.96. The molecule has 2 rings (SSSR count). The lowest BCUT2D eigenvalue weighted by molar-refractivity contribution is -0.130. The summed E-state index contributed by atoms with van der Waals surface area (Å²) in [6, 6.07) is 0. The van der Waals surface area contributed by atoms with Gasteiger partial charge in [0.1, 0.15) is 0 Å². The highest BCUT2D eigenvalue weighted by atomic mass is 16.5. The summed E-state index contributed by atoms with van der Waals surface area (Å²) < 4.78 is 7.52. The lowest BCUT2D eigenvalue weighted by Crippen LogP contribution is -2.18. The number of hydrogen-bond acceptors (Lipinski definition) is 3. The smallest absolute Gasteiger partial charge is 0.337 e. The average molecular weight is 250 g/mol. The molecule has 0 aliphatic carbocycles. The summed E-state index contributed by atoms with van der Waals surface area (Å²) in [4.78, 5) is 14.9. The van der Waals surface area contributed by atoms with Crippen LogP contribution in [0, 0.1) is 5.92 Å². The lowest BCUT2D eigenvalue weighted by atomic mass is 9.98. The van der Waals surface area contributed by atoms with Gasteiger partial charge in [0.25, 0.3) is 0 Å². The fourth-order valence-corrected chi connectivity index (χ4v) is 2.38. The van der Waals surface area contributed by atoms with Gasteiger partial charge in [0.05, 0.1) is 36.0 Å². The van der Waals surface area contributed by atoms with Crippen molar-refractivity contribution in [2.24, 2.45) is 5.92 Å². The molecule has 0 amide bonds. The standard InChI is InChI=1S/C13H18N2O3/c1-9(12(16)17)11-5-14-8-15(11)6-10-4-13(2,3)18-7-10/h5,8,10H,1,4,6-7H2,2-3H3,(H,16,17)/t10-/m1/s1. The summed E-state index contributed by atoms with van der Waals surface area (Å²) in [7, 11) is 0. The van der Waals surface area contributed by atoms with Gasteiger partial charge >= 0.3 is 5.97 Å². The van der Waals surface area contributed by atoms with Crippen molar-refractivity contribution in [3.05, 3.63) is 24.8 Å². The maximum Gasteiger partial charge on any atom is 0.337 e. The van der Waals surface area contributed by atoms with Crippen LogP contribution in [0.5, 0.6) is 0 Å². The molecule has 18 heavy (non-hydrogen) atoms. The van der Waals surface area contributed by atoms with Crippen molar-refractivity contribution in [1.29, 1.82) is 0 Å². The minimum absolute atomic E-state index is 0.0747. The lowest BCUT2D eigenvalue weighted by Gasteiger charge is -2.16. The number of imidazole rings is 1. The van der Waals surface area contributed by atoms with E-state index >= 15 is 0 Å². The van der Waals surface area contributed by atoms with Crippen LogP contribution in [-0.2, 0) is 16.1 Å². The van der Waals surface area contributed by atoms with Gasteiger partial charge in [-0.15, -0.1) is 0 Å². The Morgan fingerprint density at radius 1 is 1.72 bits per heavy atom. The van der Waals surface area contributed by atoms with Gasteiger partial charge in [-0.2, -0.15) is 0 Å². The van der Waals surface area contributed by atoms with Gasteiger partial charge in [-0.1, -0.05) is 6.58 Å². The molecule has 5 heteroatoms. The molecule has 1 N–H and O–H groups in total. The monoisotopic (exact) mass is 250 g/mol. The van der Waals surface area contributed by atoms with Gasteiger partial charge in [-0.25, -0.2) is 9.78 Å². The molecular formula is C13H18N2O3. The maximum atomic E-state index is 10.9. The second-order valence-electron chi connectivity index (χ2n) is 5.36. The van der Waals surface area contributed by atoms with Crippen molar-refractivity contribution < 1.29 is 14.6 Å². The Balaban J connectivity index is 2.09. The fraction of sp³-hybridized carbons (Fsp3) is 0.538. The number of ether oxygens (including phenoxy) is 1. The number of aliphatic carboxylic acids is 1. The normalized spacial score (nSPS) is 22.0. The maximum absolute atomic E-state index is 10.9. The Hall–Kier alpha value is -1.62. The Bertz CT molecular complexity index is 476. The number of hydrogen-bond donors (Lipinski definition) is 1. The molecule has 1 atom stereocenters. The molecule has 98 valence electrons. The van der Waals surface area contributed by atoms with Crippen molar-refractivity contribution in [3.8, 4) is 0 Å². The Morgan fingerprint density at radius 3 is 3.00 bits per heavy atom. The average Bonchev–Trinajstić information content (AvgIpc) is 2.84. The number of nitrogens with zero attached hydrogens (tertiary/aromatic N) is 2. The molecule has 1 aliphatic heterocycles. The van der Waals surface area contributed by atoms with E-state index < -0.39 is 5.97 Å². The van der Waals surface area contributed by atoms with Crippen LogP contribution in [0.4, 0.5) is 0 Å². The van der Waals surface area contributed by atoms with Crippen LogP contribution in [0.3, 0.4) is 0 Å². The molecular weight excluding hydrogens is 232 g/mol. The van der Waals surface area contributed by atoms with E-state index in [1.54, 1.807) is 6.33 Å². The largest absolute Gasteiger partial charge is 0.478 e. The highest BCUT2D eigenvalue weighted by molar-refractivity contribution is 6.13. The molecule has 5 nitrogen and oxygen atoms in total. The molecule has 1 aromatic rings. The zero-order chi connectivity index (χ0) is 13.3. The van der Waals surface area contributed by atoms with Crippen LogP contribution in [0.2, 0.25) is 0 Å². The van der Waals surface area contributed by atoms with E-state index in [0.717, 1.165) is 6.42 Å². The summed E-state index contributed by atoms with van der Waals surface area (Å²) in [6.07, 6.45) is 4.15. The van der Waals surface area contributed by atoms with E-state index in [2.05, 4.69) is 25.4 Å². The van der Waals surface area contributed by atoms with E-state index in [-0.39, 0.29) is 11.2 Å². The molecule has 2 heterocycles. The second-order valence-corrected chi connectivity index (χ2v) is 5.36. The Morgan fingerprint density at radius 2 is 2.44 bits per heavy atom. The molecule has 1 aromatic heterocycles. The summed E-state index contributed by atoms with van der Waals surface area (Å²) in [6.45, 7) is 9.12. The molecule has 0 bridgehead atoms. The second kappa shape index (κ2) is 4.57. The minimum Gasteiger partial charge on any atom is -0.478 e. The van der Waals surface area contributed by atoms with Crippen LogP contribution in [0.15, 0.2) is 19.1 Å². The van der Waals surface area contributed by atoms with Gasteiger partial charge < -0.3 is 14.4 Å². The van der Waals surface area contributed by atoms with Crippen molar-refractivity contribution in [1.82, 2.24) is 9.55 Å². The van der Waals surface area contributed by atoms with Crippen LogP contribution >= 0.6 is 0 Å². The number of aromatic nitrogens is 2. The first-order chi connectivity index (χ1) is 8.39. The summed E-state index contributed by atoms with van der Waals surface area (Å²) >= 11 is 0. The first-order valence-electron chi connectivity index (χ1n) is 5.96. The number of carboxylic acid groups (broad SMARTS) is 1. The summed E-state index contributed by atoms with van der Waals surface area (Å²) in [5.74, 6) is -0.630. The van der Waals surface area contributed by atoms with E-state index in [9.17, 15) is 4.79 Å². The number of carboxylic acids is 1. The number of carbonyl (C=O) groups is 1.